The summed E-state index contributed by atoms with van der Waals surface area (Å²) in [4.78, 5) is 0. The van der Waals surface area contributed by atoms with Crippen molar-refractivity contribution in [3.63, 3.8) is 0 Å². The van der Waals surface area contributed by atoms with Gasteiger partial charge in [0.2, 0.25) is 0 Å². The van der Waals surface area contributed by atoms with Gasteiger partial charge in [-0.3, -0.25) is 0 Å². The fraction of sp³-hybridized carbons (Fsp3) is 1.00. The molecule has 11 heavy (non-hydrogen) atoms. The molecule has 0 spiro atoms. The van der Waals surface area contributed by atoms with E-state index in [9.17, 15) is 0 Å². The molecule has 0 atom stereocenters. The minimum Gasteiger partial charge on any atom is -1.00 e. The fourth-order valence-corrected chi connectivity index (χ4v) is 0.329. The molecule has 5 N–H and O–H groups in total. The minimum atomic E-state index is 0. The molecule has 0 aromatic carbocycles. The van der Waals surface area contributed by atoms with Gasteiger partial charge in [-0.2, -0.15) is 0 Å². The third-order valence-corrected chi connectivity index (χ3v) is 0.642. The molecule has 0 unspecified atom stereocenters. The summed E-state index contributed by atoms with van der Waals surface area (Å²) in [5, 5.41) is 3.03. The van der Waals surface area contributed by atoms with Gasteiger partial charge in [0.1, 0.15) is 0 Å². The number of nitrogens with two attached hydrogens (primary N) is 2. The van der Waals surface area contributed by atoms with E-state index in [1.54, 1.807) is 0 Å². The van der Waals surface area contributed by atoms with Crippen molar-refractivity contribution in [1.82, 2.24) is 5.32 Å². The zero-order valence-electron chi connectivity index (χ0n) is 13.2. The smallest absolute Gasteiger partial charge is 1.00 e. The van der Waals surface area contributed by atoms with E-state index in [0.29, 0.717) is 13.1 Å². The topological polar surface area (TPSA) is 64.1 Å². The standard InChI is InChI=1S/C4H13N3.Ca.3Na.5H/c5-1-3-7-4-2-6;;;;;;;;;/h7H,1-6H2;;;;;;;;;/q;+2;3*+1;5*-1. The predicted molar refractivity (Wildman–Crippen MR) is 42.3 cm³/mol. The van der Waals surface area contributed by atoms with Gasteiger partial charge in [0.25, 0.3) is 0 Å². The van der Waals surface area contributed by atoms with E-state index in [4.69, 9.17) is 11.5 Å². The van der Waals surface area contributed by atoms with E-state index in [1.807, 2.05) is 0 Å². The maximum Gasteiger partial charge on any atom is 2.00 e. The van der Waals surface area contributed by atoms with Gasteiger partial charge in [-0.05, 0) is 0 Å². The van der Waals surface area contributed by atoms with E-state index in [-0.39, 0.29) is 134 Å². The number of rotatable bonds is 4. The second-order valence-electron chi connectivity index (χ2n) is 1.33. The molecule has 0 amide bonds. The van der Waals surface area contributed by atoms with Crippen LogP contribution in [0.15, 0.2) is 0 Å². The maximum atomic E-state index is 5.17. The van der Waals surface area contributed by atoms with Crippen LogP contribution < -0.4 is 105 Å². The van der Waals surface area contributed by atoms with Crippen LogP contribution in [-0.2, 0) is 0 Å². The Morgan fingerprint density at radius 3 is 1.36 bits per heavy atom. The monoisotopic (exact) mass is 217 g/mol. The van der Waals surface area contributed by atoms with Crippen molar-refractivity contribution in [2.75, 3.05) is 26.2 Å². The number of hydrogen-bond acceptors (Lipinski definition) is 3. The SMILES string of the molecule is NCCNCCN.[Ca+2].[H-].[H-].[H-].[H-].[H-].[Na+].[Na+].[Na+]. The van der Waals surface area contributed by atoms with Gasteiger partial charge in [-0.25, -0.2) is 0 Å². The van der Waals surface area contributed by atoms with Gasteiger partial charge >= 0.3 is 126 Å². The summed E-state index contributed by atoms with van der Waals surface area (Å²) in [7, 11) is 0. The second-order valence-corrected chi connectivity index (χ2v) is 1.33. The van der Waals surface area contributed by atoms with Crippen molar-refractivity contribution in [3.8, 4) is 0 Å². The Balaban J connectivity index is -0.00000000500. The fourth-order valence-electron chi connectivity index (χ4n) is 0.329. The van der Waals surface area contributed by atoms with Crippen LogP contribution in [0.5, 0.6) is 0 Å². The molecular weight excluding hydrogens is 199 g/mol. The average molecular weight is 217 g/mol. The van der Waals surface area contributed by atoms with Crippen LogP contribution in [-0.4, -0.2) is 63.9 Å². The van der Waals surface area contributed by atoms with E-state index in [1.165, 1.54) is 0 Å². The number of hydrogen-bond donors (Lipinski definition) is 3. The van der Waals surface area contributed by atoms with Crippen molar-refractivity contribution in [3.05, 3.63) is 0 Å². The second kappa shape index (κ2) is 29.2. The molecular formula is C4H18CaN3Na3. The van der Waals surface area contributed by atoms with Gasteiger partial charge in [-0.1, -0.05) is 0 Å². The van der Waals surface area contributed by atoms with Crippen molar-refractivity contribution in [2.45, 2.75) is 0 Å². The van der Waals surface area contributed by atoms with Crippen LogP contribution in [0.1, 0.15) is 7.13 Å². The van der Waals surface area contributed by atoms with Crippen molar-refractivity contribution in [1.29, 1.82) is 0 Å². The molecule has 0 aromatic heterocycles. The van der Waals surface area contributed by atoms with Gasteiger partial charge in [0, 0.05) is 26.2 Å². The third kappa shape index (κ3) is 31.5. The molecule has 7 heteroatoms. The molecule has 0 saturated carbocycles. The van der Waals surface area contributed by atoms with E-state index < -0.39 is 0 Å². The third-order valence-electron chi connectivity index (χ3n) is 0.642. The van der Waals surface area contributed by atoms with Gasteiger partial charge in [0.05, 0.1) is 0 Å². The van der Waals surface area contributed by atoms with Crippen LogP contribution >= 0.6 is 0 Å². The molecule has 0 heterocycles. The summed E-state index contributed by atoms with van der Waals surface area (Å²) < 4.78 is 0. The Kier molecular flexibility index (Phi) is 78.2. The van der Waals surface area contributed by atoms with E-state index >= 15 is 0 Å². The molecule has 0 aliphatic rings. The van der Waals surface area contributed by atoms with Crippen LogP contribution in [0, 0.1) is 0 Å². The summed E-state index contributed by atoms with van der Waals surface area (Å²) in [6, 6.07) is 0. The summed E-state index contributed by atoms with van der Waals surface area (Å²) in [6.07, 6.45) is 0. The first kappa shape index (κ1) is 29.4. The molecule has 0 aliphatic heterocycles. The summed E-state index contributed by atoms with van der Waals surface area (Å²) >= 11 is 0. The van der Waals surface area contributed by atoms with Crippen molar-refractivity contribution in [2.24, 2.45) is 11.5 Å². The Labute approximate surface area is 173 Å². The normalized spacial score (nSPS) is 6.00. The largest absolute Gasteiger partial charge is 2.00 e. The Bertz CT molecular complexity index is 54.1. The van der Waals surface area contributed by atoms with Crippen molar-refractivity contribution < 1.29 is 95.8 Å². The molecule has 0 saturated heterocycles. The minimum absolute atomic E-state index is 0. The Morgan fingerprint density at radius 2 is 1.18 bits per heavy atom. The summed E-state index contributed by atoms with van der Waals surface area (Å²) in [5.74, 6) is 0. The van der Waals surface area contributed by atoms with Crippen LogP contribution in [0.2, 0.25) is 0 Å². The maximum absolute atomic E-state index is 5.17. The summed E-state index contributed by atoms with van der Waals surface area (Å²) in [6.45, 7) is 3.13. The Hall–Kier alpha value is 4.14. The van der Waals surface area contributed by atoms with Gasteiger partial charge in [-0.15, -0.1) is 0 Å². The first-order chi connectivity index (χ1) is 3.41. The molecule has 0 fully saturated rings. The average Bonchev–Trinajstić information content (AvgIpc) is 1.69. The van der Waals surface area contributed by atoms with Crippen LogP contribution in [0.25, 0.3) is 0 Å². The van der Waals surface area contributed by atoms with E-state index in [0.717, 1.165) is 13.1 Å². The molecule has 0 radical (unpaired) electrons. The zero-order valence-corrected chi connectivity index (χ0v) is 16.4. The predicted octanol–water partition coefficient (Wildman–Crippen LogP) is -10.3. The van der Waals surface area contributed by atoms with Gasteiger partial charge < -0.3 is 23.9 Å². The first-order valence-corrected chi connectivity index (χ1v) is 2.52. The Morgan fingerprint density at radius 1 is 0.909 bits per heavy atom. The molecule has 0 aromatic rings. The molecule has 3 nitrogen and oxygen atoms in total. The molecule has 0 aliphatic carbocycles. The first-order valence-electron chi connectivity index (χ1n) is 2.52. The molecule has 54 valence electrons. The summed E-state index contributed by atoms with van der Waals surface area (Å²) in [5.41, 5.74) is 10.3. The van der Waals surface area contributed by atoms with Crippen LogP contribution in [0.3, 0.4) is 0 Å². The number of nitrogens with one attached hydrogen (secondary N) is 1. The van der Waals surface area contributed by atoms with Gasteiger partial charge in [0.15, 0.2) is 0 Å². The van der Waals surface area contributed by atoms with Crippen molar-refractivity contribution >= 4 is 37.7 Å². The quantitative estimate of drug-likeness (QED) is 0.324. The van der Waals surface area contributed by atoms with Crippen LogP contribution in [0.4, 0.5) is 0 Å². The molecule has 0 rings (SSSR count). The zero-order chi connectivity index (χ0) is 5.54. The molecule has 0 bridgehead atoms. The van der Waals surface area contributed by atoms with E-state index in [2.05, 4.69) is 5.32 Å².